The molecule has 0 radical (unpaired) electrons. The highest BCUT2D eigenvalue weighted by Gasteiger charge is 2.40. The van der Waals surface area contributed by atoms with E-state index in [0.717, 1.165) is 37.5 Å². The Kier molecular flexibility index (Phi) is 3.35. The predicted molar refractivity (Wildman–Crippen MR) is 66.0 cm³/mol. The molecule has 3 rings (SSSR count). The van der Waals surface area contributed by atoms with Gasteiger partial charge in [-0.05, 0) is 45.1 Å². The van der Waals surface area contributed by atoms with E-state index in [0.29, 0.717) is 0 Å². The minimum absolute atomic E-state index is 0.232. The highest BCUT2D eigenvalue weighted by molar-refractivity contribution is 5.06. The third kappa shape index (κ3) is 2.06. The summed E-state index contributed by atoms with van der Waals surface area (Å²) in [6.07, 6.45) is 7.91. The molecule has 1 saturated heterocycles. The van der Waals surface area contributed by atoms with E-state index < -0.39 is 0 Å². The van der Waals surface area contributed by atoms with E-state index in [1.807, 2.05) is 0 Å². The Morgan fingerprint density at radius 2 is 2.11 bits per heavy atom. The minimum atomic E-state index is -0.295. The zero-order valence-electron chi connectivity index (χ0n) is 10.9. The molecule has 5 heteroatoms. The maximum absolute atomic E-state index is 5.68. The number of piperidine rings is 1. The Hall–Kier alpha value is -0.940. The number of ether oxygens (including phenoxy) is 1. The highest BCUT2D eigenvalue weighted by atomic mass is 16.5. The van der Waals surface area contributed by atoms with Crippen molar-refractivity contribution < 1.29 is 9.26 Å². The van der Waals surface area contributed by atoms with Crippen LogP contribution in [-0.2, 0) is 10.3 Å². The molecule has 2 heterocycles. The SMILES string of the molecule is COC1(c2noc([C@H]3CCCCN3)n2)CCCC1. The van der Waals surface area contributed by atoms with Crippen LogP contribution in [0.25, 0.3) is 0 Å². The Morgan fingerprint density at radius 3 is 2.78 bits per heavy atom. The summed E-state index contributed by atoms with van der Waals surface area (Å²) < 4.78 is 11.1. The summed E-state index contributed by atoms with van der Waals surface area (Å²) in [7, 11) is 1.75. The number of rotatable bonds is 3. The van der Waals surface area contributed by atoms with E-state index in [4.69, 9.17) is 9.26 Å². The first-order valence-corrected chi connectivity index (χ1v) is 6.97. The standard InChI is InChI=1S/C13H21N3O2/c1-17-13(7-3-4-8-13)12-15-11(18-16-12)10-6-2-5-9-14-10/h10,14H,2-9H2,1H3/t10-/m1/s1. The normalized spacial score (nSPS) is 27.5. The van der Waals surface area contributed by atoms with Gasteiger partial charge in [0, 0.05) is 7.11 Å². The highest BCUT2D eigenvalue weighted by Crippen LogP contribution is 2.40. The lowest BCUT2D eigenvalue weighted by Gasteiger charge is -2.23. The molecule has 0 spiro atoms. The van der Waals surface area contributed by atoms with Crippen LogP contribution in [0, 0.1) is 0 Å². The second-order valence-electron chi connectivity index (χ2n) is 5.36. The van der Waals surface area contributed by atoms with Crippen molar-refractivity contribution in [3.63, 3.8) is 0 Å². The van der Waals surface area contributed by atoms with Gasteiger partial charge >= 0.3 is 0 Å². The van der Waals surface area contributed by atoms with Crippen molar-refractivity contribution in [2.75, 3.05) is 13.7 Å². The average Bonchev–Trinajstić information content (AvgIpc) is 3.09. The van der Waals surface area contributed by atoms with Crippen molar-refractivity contribution in [3.8, 4) is 0 Å². The molecule has 1 aliphatic carbocycles. The first-order valence-electron chi connectivity index (χ1n) is 6.97. The number of aromatic nitrogens is 2. The van der Waals surface area contributed by atoms with Gasteiger partial charge in [0.15, 0.2) is 0 Å². The van der Waals surface area contributed by atoms with Crippen molar-refractivity contribution in [2.45, 2.75) is 56.6 Å². The number of nitrogens with zero attached hydrogens (tertiary/aromatic N) is 2. The molecule has 1 N–H and O–H groups in total. The quantitative estimate of drug-likeness (QED) is 0.893. The Morgan fingerprint density at radius 1 is 1.28 bits per heavy atom. The van der Waals surface area contributed by atoms with Crippen molar-refractivity contribution >= 4 is 0 Å². The molecule has 1 saturated carbocycles. The largest absolute Gasteiger partial charge is 0.370 e. The summed E-state index contributed by atoms with van der Waals surface area (Å²) >= 11 is 0. The molecule has 0 bridgehead atoms. The summed E-state index contributed by atoms with van der Waals surface area (Å²) in [6.45, 7) is 1.04. The number of hydrogen-bond donors (Lipinski definition) is 1. The zero-order chi connectivity index (χ0) is 12.4. The molecule has 1 aromatic heterocycles. The van der Waals surface area contributed by atoms with E-state index in [9.17, 15) is 0 Å². The third-order valence-corrected chi connectivity index (χ3v) is 4.26. The molecule has 18 heavy (non-hydrogen) atoms. The molecule has 2 aliphatic rings. The molecule has 0 unspecified atom stereocenters. The van der Waals surface area contributed by atoms with Crippen molar-refractivity contribution in [1.82, 2.24) is 15.5 Å². The van der Waals surface area contributed by atoms with Crippen molar-refractivity contribution in [3.05, 3.63) is 11.7 Å². The van der Waals surface area contributed by atoms with Crippen LogP contribution in [0.2, 0.25) is 0 Å². The lowest BCUT2D eigenvalue weighted by Crippen LogP contribution is -2.28. The maximum Gasteiger partial charge on any atom is 0.243 e. The van der Waals surface area contributed by atoms with Crippen LogP contribution in [-0.4, -0.2) is 23.8 Å². The Bertz CT molecular complexity index is 393. The molecule has 5 nitrogen and oxygen atoms in total. The van der Waals surface area contributed by atoms with Gasteiger partial charge in [0.1, 0.15) is 5.60 Å². The second-order valence-corrected chi connectivity index (χ2v) is 5.36. The van der Waals surface area contributed by atoms with Gasteiger partial charge in [0.25, 0.3) is 0 Å². The summed E-state index contributed by atoms with van der Waals surface area (Å²) in [5.74, 6) is 1.47. The molecule has 0 aromatic carbocycles. The first kappa shape index (κ1) is 12.1. The number of hydrogen-bond acceptors (Lipinski definition) is 5. The minimum Gasteiger partial charge on any atom is -0.370 e. The summed E-state index contributed by atoms with van der Waals surface area (Å²) in [5, 5.41) is 7.60. The van der Waals surface area contributed by atoms with Gasteiger partial charge in [-0.25, -0.2) is 0 Å². The summed E-state index contributed by atoms with van der Waals surface area (Å²) in [4.78, 5) is 4.59. The van der Waals surface area contributed by atoms with Crippen LogP contribution in [0.4, 0.5) is 0 Å². The van der Waals surface area contributed by atoms with Gasteiger partial charge in [0.2, 0.25) is 11.7 Å². The van der Waals surface area contributed by atoms with Crippen molar-refractivity contribution in [1.29, 1.82) is 0 Å². The molecule has 1 aromatic rings. The van der Waals surface area contributed by atoms with E-state index in [1.54, 1.807) is 7.11 Å². The molecular weight excluding hydrogens is 230 g/mol. The van der Waals surface area contributed by atoms with Crippen LogP contribution >= 0.6 is 0 Å². The summed E-state index contributed by atoms with van der Waals surface area (Å²) in [5.41, 5.74) is -0.295. The van der Waals surface area contributed by atoms with Crippen LogP contribution in [0.1, 0.15) is 62.7 Å². The predicted octanol–water partition coefficient (Wildman–Crippen LogP) is 2.30. The van der Waals surface area contributed by atoms with E-state index >= 15 is 0 Å². The van der Waals surface area contributed by atoms with Gasteiger partial charge in [-0.3, -0.25) is 0 Å². The van der Waals surface area contributed by atoms with Crippen LogP contribution < -0.4 is 5.32 Å². The average molecular weight is 251 g/mol. The van der Waals surface area contributed by atoms with Crippen LogP contribution in [0.15, 0.2) is 4.52 Å². The van der Waals surface area contributed by atoms with E-state index in [2.05, 4.69) is 15.5 Å². The Balaban J connectivity index is 1.79. The fourth-order valence-electron chi connectivity index (χ4n) is 3.09. The molecule has 1 aliphatic heterocycles. The molecular formula is C13H21N3O2. The fourth-order valence-corrected chi connectivity index (χ4v) is 3.09. The van der Waals surface area contributed by atoms with Crippen molar-refractivity contribution in [2.24, 2.45) is 0 Å². The Labute approximate surface area is 107 Å². The first-order chi connectivity index (χ1) is 8.84. The monoisotopic (exact) mass is 251 g/mol. The topological polar surface area (TPSA) is 60.2 Å². The smallest absolute Gasteiger partial charge is 0.243 e. The van der Waals surface area contributed by atoms with E-state index in [1.165, 1.54) is 25.7 Å². The maximum atomic E-state index is 5.68. The van der Waals surface area contributed by atoms with Gasteiger partial charge in [0.05, 0.1) is 6.04 Å². The van der Waals surface area contributed by atoms with Gasteiger partial charge in [-0.1, -0.05) is 11.6 Å². The molecule has 2 fully saturated rings. The molecule has 0 amide bonds. The van der Waals surface area contributed by atoms with Crippen LogP contribution in [0.5, 0.6) is 0 Å². The van der Waals surface area contributed by atoms with E-state index in [-0.39, 0.29) is 11.6 Å². The number of methoxy groups -OCH3 is 1. The zero-order valence-corrected chi connectivity index (χ0v) is 10.9. The lowest BCUT2D eigenvalue weighted by molar-refractivity contribution is -0.0178. The van der Waals surface area contributed by atoms with Crippen LogP contribution in [0.3, 0.4) is 0 Å². The van der Waals surface area contributed by atoms with Gasteiger partial charge < -0.3 is 14.6 Å². The second kappa shape index (κ2) is 4.97. The lowest BCUT2D eigenvalue weighted by atomic mass is 10.0. The molecule has 100 valence electrons. The number of nitrogens with one attached hydrogen (secondary N) is 1. The summed E-state index contributed by atoms with van der Waals surface area (Å²) in [6, 6.07) is 0.232. The fraction of sp³-hybridized carbons (Fsp3) is 0.846. The molecule has 1 atom stereocenters. The van der Waals surface area contributed by atoms with Gasteiger partial charge in [-0.2, -0.15) is 4.98 Å². The third-order valence-electron chi connectivity index (χ3n) is 4.26. The van der Waals surface area contributed by atoms with Gasteiger partial charge in [-0.15, -0.1) is 0 Å².